The van der Waals surface area contributed by atoms with E-state index in [1.807, 2.05) is 6.92 Å². The number of carbonyl (C=O) groups is 1. The van der Waals surface area contributed by atoms with Gasteiger partial charge in [-0.3, -0.25) is 4.79 Å². The summed E-state index contributed by atoms with van der Waals surface area (Å²) in [4.78, 5) is 11.3. The zero-order valence-electron chi connectivity index (χ0n) is 10.2. The summed E-state index contributed by atoms with van der Waals surface area (Å²) in [5.74, 6) is -0.343. The molecule has 0 aliphatic rings. The van der Waals surface area contributed by atoms with Crippen LogP contribution in [0.2, 0.25) is 0 Å². The van der Waals surface area contributed by atoms with Crippen LogP contribution in [0.25, 0.3) is 0 Å². The molecule has 0 aliphatic heterocycles. The van der Waals surface area contributed by atoms with Crippen molar-refractivity contribution in [1.82, 2.24) is 0 Å². The summed E-state index contributed by atoms with van der Waals surface area (Å²) >= 11 is 0. The fourth-order valence-corrected chi connectivity index (χ4v) is 2.02. The van der Waals surface area contributed by atoms with Crippen molar-refractivity contribution in [3.8, 4) is 0 Å². The fourth-order valence-electron chi connectivity index (χ4n) is 0.887. The van der Waals surface area contributed by atoms with Gasteiger partial charge in [-0.25, -0.2) is 0 Å². The maximum absolute atomic E-state index is 11.3. The zero-order valence-corrected chi connectivity index (χ0v) is 14.3. The maximum Gasteiger partial charge on any atom is 0.750 e. The Balaban J connectivity index is 0. The zero-order chi connectivity index (χ0) is 11.0. The number of hydrogen-bond donors (Lipinski definition) is 0. The van der Waals surface area contributed by atoms with Crippen molar-refractivity contribution in [2.75, 3.05) is 21.3 Å². The molecule has 15 heavy (non-hydrogen) atoms. The second-order valence-electron chi connectivity index (χ2n) is 2.69. The van der Waals surface area contributed by atoms with Crippen molar-refractivity contribution in [3.05, 3.63) is 0 Å². The molecule has 0 bridgehead atoms. The van der Waals surface area contributed by atoms with Gasteiger partial charge in [-0.1, -0.05) is 13.3 Å². The minimum atomic E-state index is -3.18. The Labute approximate surface area is 135 Å². The summed E-state index contributed by atoms with van der Waals surface area (Å²) in [6, 6.07) is 0. The molecule has 0 aromatic heterocycles. The van der Waals surface area contributed by atoms with E-state index in [1.54, 1.807) is 0 Å². The van der Waals surface area contributed by atoms with Crippen LogP contribution in [0.3, 0.4) is 0 Å². The van der Waals surface area contributed by atoms with Gasteiger partial charge in [0.25, 0.3) is 5.97 Å². The fraction of sp³-hybridized carbons (Fsp3) is 0.875. The van der Waals surface area contributed by atoms with Crippen LogP contribution in [0.1, 0.15) is 26.2 Å². The van der Waals surface area contributed by atoms with Crippen LogP contribution in [-0.2, 0) is 22.5 Å². The second kappa shape index (κ2) is 10.4. The summed E-state index contributed by atoms with van der Waals surface area (Å²) in [7, 11) is 1.01. The van der Waals surface area contributed by atoms with Gasteiger partial charge in [0.1, 0.15) is 0 Å². The SMILES string of the molecule is CCCCC(=O)O[Si](OC)(OC)OC.[K]. The van der Waals surface area contributed by atoms with Gasteiger partial charge < -0.3 is 17.7 Å². The van der Waals surface area contributed by atoms with Gasteiger partial charge in [0.15, 0.2) is 0 Å². The minimum Gasteiger partial charge on any atom is -0.452 e. The van der Waals surface area contributed by atoms with Gasteiger partial charge in [0.2, 0.25) is 0 Å². The van der Waals surface area contributed by atoms with Crippen LogP contribution < -0.4 is 0 Å². The molecule has 0 aromatic carbocycles. The van der Waals surface area contributed by atoms with Crippen LogP contribution in [0, 0.1) is 0 Å². The first kappa shape index (κ1) is 18.6. The molecule has 0 heterocycles. The third-order valence-electron chi connectivity index (χ3n) is 1.72. The van der Waals surface area contributed by atoms with Gasteiger partial charge in [-0.2, -0.15) is 0 Å². The van der Waals surface area contributed by atoms with Gasteiger partial charge in [-0.05, 0) is 6.42 Å². The second-order valence-corrected chi connectivity index (χ2v) is 5.12. The Hall–Kier alpha value is 1.20. The average Bonchev–Trinajstić information content (AvgIpc) is 2.23. The molecule has 0 aliphatic carbocycles. The molecule has 0 unspecified atom stereocenters. The monoisotopic (exact) mass is 261 g/mol. The summed E-state index contributed by atoms with van der Waals surface area (Å²) in [6.45, 7) is 2.00. The predicted molar refractivity (Wildman–Crippen MR) is 58.2 cm³/mol. The third-order valence-corrected chi connectivity index (χ3v) is 3.70. The van der Waals surface area contributed by atoms with Crippen molar-refractivity contribution >= 4 is 66.4 Å². The van der Waals surface area contributed by atoms with E-state index in [9.17, 15) is 4.79 Å². The van der Waals surface area contributed by atoms with E-state index in [2.05, 4.69) is 0 Å². The average molecular weight is 261 g/mol. The van der Waals surface area contributed by atoms with Crippen LogP contribution in [0.15, 0.2) is 0 Å². The molecule has 0 atom stereocenters. The topological polar surface area (TPSA) is 54.0 Å². The molecule has 0 aromatic rings. The Morgan fingerprint density at radius 1 is 1.13 bits per heavy atom. The van der Waals surface area contributed by atoms with E-state index >= 15 is 0 Å². The third kappa shape index (κ3) is 7.19. The molecule has 5 nitrogen and oxygen atoms in total. The predicted octanol–water partition coefficient (Wildman–Crippen LogP) is 0.714. The number of rotatable bonds is 7. The van der Waals surface area contributed by atoms with Crippen molar-refractivity contribution in [1.29, 1.82) is 0 Å². The summed E-state index contributed by atoms with van der Waals surface area (Å²) < 4.78 is 19.8. The first-order valence-corrected chi connectivity index (χ1v) is 6.14. The van der Waals surface area contributed by atoms with Gasteiger partial charge in [0.05, 0.1) is 0 Å². The Morgan fingerprint density at radius 2 is 1.60 bits per heavy atom. The van der Waals surface area contributed by atoms with E-state index < -0.39 is 9.05 Å². The number of hydrogen-bond acceptors (Lipinski definition) is 5. The van der Waals surface area contributed by atoms with Crippen molar-refractivity contribution < 1.29 is 22.5 Å². The van der Waals surface area contributed by atoms with Gasteiger partial charge >= 0.3 is 9.05 Å². The molecule has 0 rings (SSSR count). The number of carbonyl (C=O) groups excluding carboxylic acids is 1. The van der Waals surface area contributed by atoms with Crippen LogP contribution in [0.4, 0.5) is 0 Å². The van der Waals surface area contributed by atoms with Crippen molar-refractivity contribution in [2.24, 2.45) is 0 Å². The molecular weight excluding hydrogens is 243 g/mol. The molecule has 7 heteroatoms. The standard InChI is InChI=1S/C8H18O5Si.K/c1-5-6-7-8(9)13-14(10-2,11-3)12-4;/h5-7H2,1-4H3;. The Bertz CT molecular complexity index is 166. The van der Waals surface area contributed by atoms with Crippen LogP contribution >= 0.6 is 0 Å². The maximum atomic E-state index is 11.3. The van der Waals surface area contributed by atoms with Crippen LogP contribution in [0.5, 0.6) is 0 Å². The minimum absolute atomic E-state index is 0. The number of unbranched alkanes of at least 4 members (excludes halogenated alkanes) is 1. The molecule has 0 spiro atoms. The molecule has 0 amide bonds. The molecule has 0 saturated heterocycles. The first-order valence-electron chi connectivity index (χ1n) is 4.51. The van der Waals surface area contributed by atoms with E-state index in [1.165, 1.54) is 21.3 Å². The normalized spacial score (nSPS) is 10.7. The Morgan fingerprint density at radius 3 is 1.93 bits per heavy atom. The molecule has 85 valence electrons. The molecule has 0 N–H and O–H groups in total. The summed E-state index contributed by atoms with van der Waals surface area (Å²) in [5.41, 5.74) is 0. The molecule has 0 saturated carbocycles. The van der Waals surface area contributed by atoms with E-state index in [4.69, 9.17) is 17.7 Å². The van der Waals surface area contributed by atoms with Crippen molar-refractivity contribution in [2.45, 2.75) is 26.2 Å². The van der Waals surface area contributed by atoms with Crippen molar-refractivity contribution in [3.63, 3.8) is 0 Å². The Kier molecular flexibility index (Phi) is 12.8. The quantitative estimate of drug-likeness (QED) is 0.632. The molecule has 0 fully saturated rings. The first-order chi connectivity index (χ1) is 6.64. The largest absolute Gasteiger partial charge is 0.750 e. The molecule has 1 radical (unpaired) electrons. The van der Waals surface area contributed by atoms with Crippen LogP contribution in [-0.4, -0.2) is 87.7 Å². The smallest absolute Gasteiger partial charge is 0.452 e. The van der Waals surface area contributed by atoms with E-state index in [0.717, 1.165) is 12.8 Å². The van der Waals surface area contributed by atoms with E-state index in [-0.39, 0.29) is 57.4 Å². The van der Waals surface area contributed by atoms with Gasteiger partial charge in [0, 0.05) is 79.1 Å². The summed E-state index contributed by atoms with van der Waals surface area (Å²) in [5, 5.41) is 0. The van der Waals surface area contributed by atoms with E-state index in [0.29, 0.717) is 6.42 Å². The molecular formula is C8H18KO5Si. The van der Waals surface area contributed by atoms with Gasteiger partial charge in [-0.15, -0.1) is 0 Å². The summed E-state index contributed by atoms with van der Waals surface area (Å²) in [6.07, 6.45) is 2.10.